The molecule has 0 amide bonds. The Morgan fingerprint density at radius 3 is 2.72 bits per heavy atom. The van der Waals surface area contributed by atoms with Gasteiger partial charge in [0.2, 0.25) is 0 Å². The Morgan fingerprint density at radius 2 is 1.94 bits per heavy atom. The van der Waals surface area contributed by atoms with Crippen LogP contribution in [0.3, 0.4) is 0 Å². The molecule has 3 atom stereocenters. The molecular formula is C13H25BClNO2. The first-order valence-electron chi connectivity index (χ1n) is 7.41. The lowest BCUT2D eigenvalue weighted by Crippen LogP contribution is -2.38. The second-order valence-corrected chi connectivity index (χ2v) is 6.51. The highest BCUT2D eigenvalue weighted by Gasteiger charge is 2.37. The van der Waals surface area contributed by atoms with Crippen LogP contribution in [0.2, 0.25) is 6.32 Å². The average Bonchev–Trinajstić information content (AvgIpc) is 2.71. The van der Waals surface area contributed by atoms with Crippen LogP contribution < -0.4 is 0 Å². The van der Waals surface area contributed by atoms with Gasteiger partial charge in [-0.3, -0.25) is 0 Å². The van der Waals surface area contributed by atoms with Crippen LogP contribution in [-0.2, 0) is 0 Å². The van der Waals surface area contributed by atoms with Crippen molar-refractivity contribution < 1.29 is 10.0 Å². The van der Waals surface area contributed by atoms with E-state index in [9.17, 15) is 0 Å². The average molecular weight is 274 g/mol. The molecule has 0 aromatic carbocycles. The van der Waals surface area contributed by atoms with E-state index in [1.165, 1.54) is 38.6 Å². The summed E-state index contributed by atoms with van der Waals surface area (Å²) in [7, 11) is -1.13. The highest BCUT2D eigenvalue weighted by Crippen LogP contribution is 2.38. The molecule has 1 saturated heterocycles. The first kappa shape index (κ1) is 14.6. The van der Waals surface area contributed by atoms with Crippen LogP contribution >= 0.6 is 11.6 Å². The quantitative estimate of drug-likeness (QED) is 0.443. The zero-order chi connectivity index (χ0) is 13.0. The second-order valence-electron chi connectivity index (χ2n) is 5.89. The molecule has 0 aromatic heterocycles. The summed E-state index contributed by atoms with van der Waals surface area (Å²) in [6.07, 6.45) is 8.72. The zero-order valence-electron chi connectivity index (χ0n) is 11.1. The van der Waals surface area contributed by atoms with Crippen molar-refractivity contribution in [2.45, 2.75) is 62.7 Å². The van der Waals surface area contributed by atoms with Gasteiger partial charge >= 0.3 is 7.12 Å². The minimum Gasteiger partial charge on any atom is -0.427 e. The van der Waals surface area contributed by atoms with Crippen LogP contribution in [0.5, 0.6) is 0 Å². The molecule has 18 heavy (non-hydrogen) atoms. The molecule has 1 aliphatic heterocycles. The van der Waals surface area contributed by atoms with Crippen LogP contribution in [0, 0.1) is 5.92 Å². The van der Waals surface area contributed by atoms with E-state index in [2.05, 4.69) is 4.90 Å². The number of unbranched alkanes of at least 4 members (excludes halogenated alkanes) is 2. The molecule has 0 bridgehead atoms. The SMILES string of the molecule is OB(O)CCCCCN1CCC2CCC(Cl)CC21. The number of halogens is 1. The molecular weight excluding hydrogens is 248 g/mol. The van der Waals surface area contributed by atoms with Gasteiger partial charge in [-0.2, -0.15) is 0 Å². The lowest BCUT2D eigenvalue weighted by molar-refractivity contribution is 0.182. The van der Waals surface area contributed by atoms with Gasteiger partial charge in [0.05, 0.1) is 0 Å². The van der Waals surface area contributed by atoms with E-state index in [4.69, 9.17) is 21.6 Å². The van der Waals surface area contributed by atoms with Gasteiger partial charge in [-0.25, -0.2) is 0 Å². The summed E-state index contributed by atoms with van der Waals surface area (Å²) in [6, 6.07) is 0.727. The number of hydrogen-bond donors (Lipinski definition) is 2. The predicted molar refractivity (Wildman–Crippen MR) is 75.8 cm³/mol. The van der Waals surface area contributed by atoms with Gasteiger partial charge in [0.15, 0.2) is 0 Å². The summed E-state index contributed by atoms with van der Waals surface area (Å²) in [4.78, 5) is 2.62. The molecule has 2 aliphatic rings. The van der Waals surface area contributed by atoms with Crippen molar-refractivity contribution in [1.82, 2.24) is 4.90 Å². The van der Waals surface area contributed by atoms with Crippen LogP contribution in [-0.4, -0.2) is 46.6 Å². The fourth-order valence-electron chi connectivity index (χ4n) is 3.54. The summed E-state index contributed by atoms with van der Waals surface area (Å²) in [5.41, 5.74) is 0. The van der Waals surface area contributed by atoms with Gasteiger partial charge in [0.1, 0.15) is 0 Å². The van der Waals surface area contributed by atoms with Crippen LogP contribution in [0.25, 0.3) is 0 Å². The summed E-state index contributed by atoms with van der Waals surface area (Å²) in [5.74, 6) is 0.888. The molecule has 3 nitrogen and oxygen atoms in total. The fraction of sp³-hybridized carbons (Fsp3) is 1.00. The first-order valence-corrected chi connectivity index (χ1v) is 7.84. The molecule has 104 valence electrons. The maximum Gasteiger partial charge on any atom is 0.451 e. The van der Waals surface area contributed by atoms with E-state index < -0.39 is 7.12 Å². The summed E-state index contributed by atoms with van der Waals surface area (Å²) in [6.45, 7) is 2.40. The lowest BCUT2D eigenvalue weighted by atomic mass is 9.83. The number of alkyl halides is 1. The Labute approximate surface area is 116 Å². The van der Waals surface area contributed by atoms with E-state index in [0.717, 1.165) is 31.3 Å². The molecule has 5 heteroatoms. The summed E-state index contributed by atoms with van der Waals surface area (Å²) < 4.78 is 0. The Morgan fingerprint density at radius 1 is 1.11 bits per heavy atom. The van der Waals surface area contributed by atoms with Gasteiger partial charge in [0.25, 0.3) is 0 Å². The van der Waals surface area contributed by atoms with Crippen LogP contribution in [0.4, 0.5) is 0 Å². The van der Waals surface area contributed by atoms with Gasteiger partial charge < -0.3 is 14.9 Å². The minimum atomic E-state index is -1.13. The Balaban J connectivity index is 1.64. The molecule has 0 spiro atoms. The van der Waals surface area contributed by atoms with Crippen molar-refractivity contribution in [3.05, 3.63) is 0 Å². The number of fused-ring (bicyclic) bond motifs is 1. The van der Waals surface area contributed by atoms with Crippen LogP contribution in [0.1, 0.15) is 44.9 Å². The Kier molecular flexibility index (Phi) is 5.80. The molecule has 1 saturated carbocycles. The molecule has 2 N–H and O–H groups in total. The van der Waals surface area contributed by atoms with Crippen molar-refractivity contribution in [3.8, 4) is 0 Å². The zero-order valence-corrected chi connectivity index (χ0v) is 11.9. The van der Waals surface area contributed by atoms with Crippen molar-refractivity contribution >= 4 is 18.7 Å². The van der Waals surface area contributed by atoms with Crippen molar-refractivity contribution in [1.29, 1.82) is 0 Å². The van der Waals surface area contributed by atoms with E-state index in [-0.39, 0.29) is 0 Å². The van der Waals surface area contributed by atoms with Crippen molar-refractivity contribution in [3.63, 3.8) is 0 Å². The number of nitrogens with zero attached hydrogens (tertiary/aromatic N) is 1. The maximum atomic E-state index is 8.78. The second kappa shape index (κ2) is 7.13. The predicted octanol–water partition coefficient (Wildman–Crippen LogP) is 2.11. The maximum absolute atomic E-state index is 8.78. The molecule has 1 heterocycles. The largest absolute Gasteiger partial charge is 0.451 e. The number of hydrogen-bond acceptors (Lipinski definition) is 3. The molecule has 3 unspecified atom stereocenters. The third-order valence-electron chi connectivity index (χ3n) is 4.56. The topological polar surface area (TPSA) is 43.7 Å². The highest BCUT2D eigenvalue weighted by atomic mass is 35.5. The number of likely N-dealkylation sites (tertiary alicyclic amines) is 1. The standard InChI is InChI=1S/C13H25BClNO2/c15-12-5-4-11-6-9-16(13(11)10-12)8-3-1-2-7-14(17)18/h11-13,17-18H,1-10H2. The summed E-state index contributed by atoms with van der Waals surface area (Å²) in [5, 5.41) is 17.9. The Bertz CT molecular complexity index is 255. The van der Waals surface area contributed by atoms with Gasteiger partial charge in [-0.15, -0.1) is 11.6 Å². The smallest absolute Gasteiger partial charge is 0.427 e. The first-order chi connectivity index (χ1) is 8.66. The van der Waals surface area contributed by atoms with Crippen LogP contribution in [0.15, 0.2) is 0 Å². The van der Waals surface area contributed by atoms with Gasteiger partial charge in [-0.1, -0.05) is 12.8 Å². The third-order valence-corrected chi connectivity index (χ3v) is 4.95. The number of rotatable bonds is 6. The molecule has 0 aromatic rings. The van der Waals surface area contributed by atoms with E-state index >= 15 is 0 Å². The fourth-order valence-corrected chi connectivity index (χ4v) is 3.85. The lowest BCUT2D eigenvalue weighted by Gasteiger charge is -2.34. The van der Waals surface area contributed by atoms with Crippen molar-refractivity contribution in [2.75, 3.05) is 13.1 Å². The molecule has 2 rings (SSSR count). The normalized spacial score (nSPS) is 32.5. The Hall–Kier alpha value is 0.235. The summed E-state index contributed by atoms with van der Waals surface area (Å²) >= 11 is 6.28. The van der Waals surface area contributed by atoms with E-state index in [1.54, 1.807) is 0 Å². The molecule has 2 fully saturated rings. The monoisotopic (exact) mass is 273 g/mol. The third kappa shape index (κ3) is 4.12. The molecule has 1 aliphatic carbocycles. The van der Waals surface area contributed by atoms with Gasteiger partial charge in [-0.05, 0) is 57.4 Å². The van der Waals surface area contributed by atoms with E-state index in [1.807, 2.05) is 0 Å². The molecule has 0 radical (unpaired) electrons. The van der Waals surface area contributed by atoms with Gasteiger partial charge in [0, 0.05) is 11.4 Å². The van der Waals surface area contributed by atoms with Crippen molar-refractivity contribution in [2.24, 2.45) is 5.92 Å². The highest BCUT2D eigenvalue weighted by molar-refractivity contribution is 6.40. The van der Waals surface area contributed by atoms with E-state index in [0.29, 0.717) is 11.7 Å². The minimum absolute atomic E-state index is 0.386.